The maximum Gasteiger partial charge on any atom is 0.325 e. The van der Waals surface area contributed by atoms with Gasteiger partial charge in [-0.1, -0.05) is 25.1 Å². The number of urea groups is 1. The van der Waals surface area contributed by atoms with Crippen LogP contribution in [-0.2, 0) is 6.42 Å². The van der Waals surface area contributed by atoms with Gasteiger partial charge in [-0.3, -0.25) is 0 Å². The van der Waals surface area contributed by atoms with E-state index in [2.05, 4.69) is 4.98 Å². The van der Waals surface area contributed by atoms with Crippen LogP contribution >= 0.6 is 11.3 Å². The third-order valence-electron chi connectivity index (χ3n) is 2.63. The number of benzene rings is 1. The molecule has 2 N–H and O–H groups in total. The monoisotopic (exact) mass is 261 g/mol. The third kappa shape index (κ3) is 2.36. The van der Waals surface area contributed by atoms with Crippen LogP contribution in [0.5, 0.6) is 0 Å². The Kier molecular flexibility index (Phi) is 3.62. The van der Waals surface area contributed by atoms with Crippen LogP contribution in [0, 0.1) is 6.92 Å². The molecule has 2 aromatic rings. The molecule has 18 heavy (non-hydrogen) atoms. The van der Waals surface area contributed by atoms with Crippen molar-refractivity contribution in [2.45, 2.75) is 20.3 Å². The Morgan fingerprint density at radius 1 is 1.44 bits per heavy atom. The van der Waals surface area contributed by atoms with E-state index < -0.39 is 6.03 Å². The van der Waals surface area contributed by atoms with Gasteiger partial charge in [0.2, 0.25) is 0 Å². The summed E-state index contributed by atoms with van der Waals surface area (Å²) in [4.78, 5) is 17.5. The van der Waals surface area contributed by atoms with Gasteiger partial charge in [0.25, 0.3) is 0 Å². The Labute approximate surface area is 110 Å². The number of amides is 2. The van der Waals surface area contributed by atoms with Crippen LogP contribution < -0.4 is 10.6 Å². The molecule has 1 aromatic heterocycles. The Morgan fingerprint density at radius 3 is 2.72 bits per heavy atom. The lowest BCUT2D eigenvalue weighted by atomic mass is 10.1. The highest BCUT2D eigenvalue weighted by Gasteiger charge is 2.20. The third-order valence-corrected chi connectivity index (χ3v) is 3.58. The van der Waals surface area contributed by atoms with Crippen molar-refractivity contribution in [3.05, 3.63) is 40.9 Å². The smallest absolute Gasteiger partial charge is 0.325 e. The van der Waals surface area contributed by atoms with Gasteiger partial charge in [-0.25, -0.2) is 14.7 Å². The van der Waals surface area contributed by atoms with Crippen molar-refractivity contribution in [1.29, 1.82) is 0 Å². The first-order chi connectivity index (χ1) is 8.63. The van der Waals surface area contributed by atoms with Crippen molar-refractivity contribution in [2.75, 3.05) is 4.90 Å². The molecule has 0 saturated carbocycles. The topological polar surface area (TPSA) is 59.2 Å². The van der Waals surface area contributed by atoms with Crippen LogP contribution in [-0.4, -0.2) is 11.0 Å². The van der Waals surface area contributed by atoms with Gasteiger partial charge in [-0.15, -0.1) is 11.3 Å². The summed E-state index contributed by atoms with van der Waals surface area (Å²) in [5.74, 6) is 0. The molecule has 0 aliphatic heterocycles. The van der Waals surface area contributed by atoms with Crippen LogP contribution in [0.1, 0.15) is 18.2 Å². The number of carbonyl (C=O) groups excluding carboxylic acids is 1. The predicted octanol–water partition coefficient (Wildman–Crippen LogP) is 3.23. The highest BCUT2D eigenvalue weighted by atomic mass is 32.1. The van der Waals surface area contributed by atoms with Crippen molar-refractivity contribution in [2.24, 2.45) is 5.73 Å². The van der Waals surface area contributed by atoms with Crippen LogP contribution in [0.4, 0.5) is 15.6 Å². The number of primary amides is 1. The van der Waals surface area contributed by atoms with Crippen LogP contribution in [0.2, 0.25) is 0 Å². The molecule has 0 saturated heterocycles. The van der Waals surface area contributed by atoms with E-state index in [0.717, 1.165) is 23.4 Å². The normalized spacial score (nSPS) is 10.3. The van der Waals surface area contributed by atoms with Crippen molar-refractivity contribution >= 4 is 28.2 Å². The number of hydrogen-bond donors (Lipinski definition) is 1. The first kappa shape index (κ1) is 12.6. The van der Waals surface area contributed by atoms with Gasteiger partial charge >= 0.3 is 6.03 Å². The molecule has 0 fully saturated rings. The van der Waals surface area contributed by atoms with E-state index in [9.17, 15) is 4.79 Å². The summed E-state index contributed by atoms with van der Waals surface area (Å²) in [6.07, 6.45) is 0.838. The zero-order chi connectivity index (χ0) is 13.1. The molecule has 0 bridgehead atoms. The number of rotatable bonds is 3. The highest BCUT2D eigenvalue weighted by Crippen LogP contribution is 2.31. The molecule has 2 amide bonds. The van der Waals surface area contributed by atoms with E-state index in [1.54, 1.807) is 0 Å². The van der Waals surface area contributed by atoms with Crippen molar-refractivity contribution in [1.82, 2.24) is 4.98 Å². The van der Waals surface area contributed by atoms with E-state index in [4.69, 9.17) is 5.73 Å². The summed E-state index contributed by atoms with van der Waals surface area (Å²) in [5.41, 5.74) is 8.25. The number of nitrogens with two attached hydrogens (primary N) is 1. The summed E-state index contributed by atoms with van der Waals surface area (Å²) in [6, 6.07) is 7.22. The van der Waals surface area contributed by atoms with E-state index in [1.165, 1.54) is 16.2 Å². The number of anilines is 2. The molecule has 5 heteroatoms. The quantitative estimate of drug-likeness (QED) is 0.922. The average molecular weight is 261 g/mol. The minimum Gasteiger partial charge on any atom is -0.351 e. The predicted molar refractivity (Wildman–Crippen MR) is 74.4 cm³/mol. The Morgan fingerprint density at radius 2 is 2.17 bits per heavy atom. The van der Waals surface area contributed by atoms with Crippen molar-refractivity contribution in [3.8, 4) is 0 Å². The largest absolute Gasteiger partial charge is 0.351 e. The number of thiazole rings is 1. The molecule has 1 aromatic carbocycles. The highest BCUT2D eigenvalue weighted by molar-refractivity contribution is 7.14. The number of carbonyl (C=O) groups is 1. The molecule has 94 valence electrons. The van der Waals surface area contributed by atoms with Crippen molar-refractivity contribution in [3.63, 3.8) is 0 Å². The molecular formula is C13H15N3OS. The zero-order valence-electron chi connectivity index (χ0n) is 10.4. The van der Waals surface area contributed by atoms with Gasteiger partial charge in [0.05, 0.1) is 11.4 Å². The Bertz CT molecular complexity index is 565. The lowest BCUT2D eigenvalue weighted by molar-refractivity contribution is 0.256. The fourth-order valence-corrected chi connectivity index (χ4v) is 2.61. The first-order valence-electron chi connectivity index (χ1n) is 5.73. The lowest BCUT2D eigenvalue weighted by Gasteiger charge is -2.20. The number of hydrogen-bond acceptors (Lipinski definition) is 3. The lowest BCUT2D eigenvalue weighted by Crippen LogP contribution is -2.32. The summed E-state index contributed by atoms with van der Waals surface area (Å²) >= 11 is 1.41. The first-order valence-corrected chi connectivity index (χ1v) is 6.61. The second kappa shape index (κ2) is 5.18. The zero-order valence-corrected chi connectivity index (χ0v) is 11.2. The molecule has 1 heterocycles. The van der Waals surface area contributed by atoms with Gasteiger partial charge in [0, 0.05) is 5.38 Å². The maximum atomic E-state index is 11.7. The van der Waals surface area contributed by atoms with E-state index in [-0.39, 0.29) is 0 Å². The molecule has 0 aliphatic carbocycles. The second-order valence-corrected chi connectivity index (χ2v) is 4.76. The standard InChI is InChI=1S/C13H15N3OS/c1-3-10-6-4-5-7-11(10)16(12(14)17)13-15-9(2)8-18-13/h4-8H,3H2,1-2H3,(H2,14,17). The number of aromatic nitrogens is 1. The maximum absolute atomic E-state index is 11.7. The minimum absolute atomic E-state index is 0.509. The molecule has 0 atom stereocenters. The Balaban J connectivity index is 2.51. The molecule has 0 spiro atoms. The molecule has 0 aliphatic rings. The van der Waals surface area contributed by atoms with E-state index in [1.807, 2.05) is 43.5 Å². The SMILES string of the molecule is CCc1ccccc1N(C(N)=O)c1nc(C)cs1. The van der Waals surface area contributed by atoms with Gasteiger partial charge in [-0.05, 0) is 25.0 Å². The summed E-state index contributed by atoms with van der Waals surface area (Å²) in [7, 11) is 0. The second-order valence-electron chi connectivity index (χ2n) is 3.93. The fourth-order valence-electron chi connectivity index (χ4n) is 1.79. The van der Waals surface area contributed by atoms with Gasteiger partial charge in [0.15, 0.2) is 5.13 Å². The summed E-state index contributed by atoms with van der Waals surface area (Å²) < 4.78 is 0. The molecule has 2 rings (SSSR count). The molecule has 0 radical (unpaired) electrons. The van der Waals surface area contributed by atoms with Crippen LogP contribution in [0.25, 0.3) is 0 Å². The summed E-state index contributed by atoms with van der Waals surface area (Å²) in [6.45, 7) is 3.94. The van der Waals surface area contributed by atoms with E-state index in [0.29, 0.717) is 5.13 Å². The summed E-state index contributed by atoms with van der Waals surface area (Å²) in [5, 5.41) is 2.51. The van der Waals surface area contributed by atoms with Crippen LogP contribution in [0.15, 0.2) is 29.6 Å². The molecule has 4 nitrogen and oxygen atoms in total. The average Bonchev–Trinajstić information content (AvgIpc) is 2.76. The van der Waals surface area contributed by atoms with Crippen LogP contribution in [0.3, 0.4) is 0 Å². The Hall–Kier alpha value is -1.88. The van der Waals surface area contributed by atoms with Crippen molar-refractivity contribution < 1.29 is 4.79 Å². The van der Waals surface area contributed by atoms with Gasteiger partial charge in [0.1, 0.15) is 0 Å². The number of aryl methyl sites for hydroxylation is 2. The molecular weight excluding hydrogens is 246 g/mol. The van der Waals surface area contributed by atoms with E-state index >= 15 is 0 Å². The minimum atomic E-state index is -0.509. The van der Waals surface area contributed by atoms with Gasteiger partial charge in [-0.2, -0.15) is 0 Å². The van der Waals surface area contributed by atoms with Gasteiger partial charge < -0.3 is 5.73 Å². The number of nitrogens with zero attached hydrogens (tertiary/aromatic N) is 2. The fraction of sp³-hybridized carbons (Fsp3) is 0.231. The number of para-hydroxylation sites is 1. The molecule has 0 unspecified atom stereocenters.